The summed E-state index contributed by atoms with van der Waals surface area (Å²) in [7, 11) is 0. The lowest BCUT2D eigenvalue weighted by atomic mass is 10.2. The maximum Gasteiger partial charge on any atom is 0.309 e. The molecule has 6 nitrogen and oxygen atoms in total. The molecule has 10 heteroatoms. The van der Waals surface area contributed by atoms with Crippen molar-refractivity contribution >= 4 is 68.6 Å². The van der Waals surface area contributed by atoms with Gasteiger partial charge in [-0.3, -0.25) is 4.79 Å². The van der Waals surface area contributed by atoms with E-state index in [1.54, 1.807) is 22.1 Å². The maximum absolute atomic E-state index is 11.4. The zero-order valence-electron chi connectivity index (χ0n) is 12.8. The van der Waals surface area contributed by atoms with Crippen molar-refractivity contribution in [3.63, 3.8) is 0 Å². The number of carboxylic acid groups (broad SMARTS) is 1. The number of benzene rings is 1. The lowest BCUT2D eigenvalue weighted by Crippen LogP contribution is -2.43. The van der Waals surface area contributed by atoms with Gasteiger partial charge in [0, 0.05) is 22.1 Å². The van der Waals surface area contributed by atoms with Crippen LogP contribution in [-0.2, 0) is 4.79 Å². The van der Waals surface area contributed by atoms with Gasteiger partial charge in [-0.05, 0) is 34.8 Å². The van der Waals surface area contributed by atoms with Crippen molar-refractivity contribution in [3.05, 3.63) is 38.2 Å². The van der Waals surface area contributed by atoms with Crippen LogP contribution in [0.4, 0.5) is 0 Å². The summed E-state index contributed by atoms with van der Waals surface area (Å²) in [5, 5.41) is 17.3. The van der Waals surface area contributed by atoms with Crippen LogP contribution >= 0.6 is 51.8 Å². The fourth-order valence-electron chi connectivity index (χ4n) is 3.39. The van der Waals surface area contributed by atoms with Crippen LogP contribution in [0.3, 0.4) is 0 Å². The molecule has 0 aliphatic carbocycles. The Labute approximate surface area is 167 Å². The highest BCUT2D eigenvalue weighted by Gasteiger charge is 2.40. The Morgan fingerprint density at radius 1 is 1.48 bits per heavy atom. The second-order valence-electron chi connectivity index (χ2n) is 5.92. The summed E-state index contributed by atoms with van der Waals surface area (Å²) >= 11 is 20.7. The largest absolute Gasteiger partial charge is 0.481 e. The van der Waals surface area contributed by atoms with Crippen LogP contribution in [0.15, 0.2) is 28.1 Å². The van der Waals surface area contributed by atoms with E-state index >= 15 is 0 Å². The van der Waals surface area contributed by atoms with Crippen LogP contribution in [-0.4, -0.2) is 37.9 Å². The molecule has 132 valence electrons. The van der Waals surface area contributed by atoms with Crippen molar-refractivity contribution in [1.29, 1.82) is 0 Å². The molecule has 0 amide bonds. The van der Waals surface area contributed by atoms with Crippen molar-refractivity contribution in [1.82, 2.24) is 14.8 Å². The minimum Gasteiger partial charge on any atom is -0.481 e. The maximum atomic E-state index is 11.4. The number of carbonyl (C=O) groups is 1. The Hall–Kier alpha value is -1.09. The van der Waals surface area contributed by atoms with Crippen LogP contribution in [0.2, 0.25) is 10.0 Å². The third kappa shape index (κ3) is 2.70. The van der Waals surface area contributed by atoms with Gasteiger partial charge in [-0.2, -0.15) is 9.89 Å². The number of hydrogen-bond acceptors (Lipinski definition) is 5. The first kappa shape index (κ1) is 17.3. The first-order valence-corrected chi connectivity index (χ1v) is 9.66. The number of aliphatic carboxylic acids is 1. The monoisotopic (exact) mass is 462 g/mol. The smallest absolute Gasteiger partial charge is 0.309 e. The van der Waals surface area contributed by atoms with Gasteiger partial charge in [0.25, 0.3) is 0 Å². The van der Waals surface area contributed by atoms with E-state index in [2.05, 4.69) is 38.6 Å². The molecule has 0 spiro atoms. The van der Waals surface area contributed by atoms with E-state index in [9.17, 15) is 9.90 Å². The van der Waals surface area contributed by atoms with E-state index in [0.29, 0.717) is 31.1 Å². The van der Waals surface area contributed by atoms with E-state index in [1.165, 1.54) is 0 Å². The average Bonchev–Trinajstić information content (AvgIpc) is 3.22. The molecule has 0 bridgehead atoms. The fraction of sp³-hybridized carbons (Fsp3) is 0.333. The Morgan fingerprint density at radius 2 is 2.24 bits per heavy atom. The predicted octanol–water partition coefficient (Wildman–Crippen LogP) is 4.05. The number of carboxylic acids is 1. The number of aromatic nitrogens is 2. The topological polar surface area (TPSA) is 61.6 Å². The van der Waals surface area contributed by atoms with Crippen molar-refractivity contribution in [2.45, 2.75) is 24.8 Å². The highest BCUT2D eigenvalue weighted by Crippen LogP contribution is 2.40. The minimum atomic E-state index is -0.891. The number of halogens is 3. The van der Waals surface area contributed by atoms with Crippen molar-refractivity contribution in [2.24, 2.45) is 0 Å². The average molecular weight is 464 g/mol. The zero-order valence-corrected chi connectivity index (χ0v) is 16.8. The molecule has 0 saturated carbocycles. The van der Waals surface area contributed by atoms with E-state index in [-0.39, 0.29) is 11.9 Å². The Kier molecular flexibility index (Phi) is 4.34. The molecular formula is C15H13BrCl2N4O2S. The second-order valence-corrected chi connectivity index (χ2v) is 8.02. The highest BCUT2D eigenvalue weighted by atomic mass is 79.9. The molecule has 1 aromatic carbocycles. The Balaban J connectivity index is 1.87. The number of hydrogen-bond donors (Lipinski definition) is 2. The summed E-state index contributed by atoms with van der Waals surface area (Å²) in [6.45, 7) is 0.844. The van der Waals surface area contributed by atoms with Gasteiger partial charge in [0.2, 0.25) is 0 Å². The summed E-state index contributed by atoms with van der Waals surface area (Å²) in [5.41, 5.74) is 1.94. The van der Waals surface area contributed by atoms with Crippen LogP contribution in [0.5, 0.6) is 0 Å². The van der Waals surface area contributed by atoms with Gasteiger partial charge in [0.15, 0.2) is 5.50 Å². The molecule has 2 aromatic rings. The molecule has 1 aromatic heterocycles. The Morgan fingerprint density at radius 3 is 2.96 bits per heavy atom. The zero-order chi connectivity index (χ0) is 17.9. The van der Waals surface area contributed by atoms with Crippen LogP contribution in [0.25, 0.3) is 10.9 Å². The molecule has 2 aliphatic rings. The third-order valence-corrected chi connectivity index (χ3v) is 6.48. The van der Waals surface area contributed by atoms with E-state index in [4.69, 9.17) is 23.2 Å². The van der Waals surface area contributed by atoms with Gasteiger partial charge in [0.05, 0.1) is 28.4 Å². The standard InChI is InChI=1S/C15H13BrCl2N4O2S/c16-8-4-9(17)7-6-21(19-14(7)13(8)18)22-11(5-12(23)24)10-2-1-3-20(10)15(22)25/h4,6,15,25H,1-3,5H2,(H,23,24). The van der Waals surface area contributed by atoms with Crippen molar-refractivity contribution in [3.8, 4) is 0 Å². The van der Waals surface area contributed by atoms with Crippen LogP contribution in [0, 0.1) is 0 Å². The van der Waals surface area contributed by atoms with E-state index < -0.39 is 5.97 Å². The van der Waals surface area contributed by atoms with Gasteiger partial charge < -0.3 is 10.0 Å². The number of nitrogens with zero attached hydrogens (tertiary/aromatic N) is 4. The number of thiol groups is 1. The number of fused-ring (bicyclic) bond motifs is 2. The van der Waals surface area contributed by atoms with Crippen molar-refractivity contribution < 1.29 is 9.90 Å². The molecular weight excluding hydrogens is 451 g/mol. The summed E-state index contributed by atoms with van der Waals surface area (Å²) in [4.78, 5) is 15.1. The van der Waals surface area contributed by atoms with Crippen LogP contribution in [0.1, 0.15) is 19.3 Å². The second kappa shape index (κ2) is 6.26. The van der Waals surface area contributed by atoms with Gasteiger partial charge in [-0.25, -0.2) is 5.01 Å². The molecule has 0 radical (unpaired) electrons. The van der Waals surface area contributed by atoms with Crippen molar-refractivity contribution in [2.75, 3.05) is 11.6 Å². The summed E-state index contributed by atoms with van der Waals surface area (Å²) in [6.07, 6.45) is 3.49. The molecule has 4 rings (SSSR count). The third-order valence-electron chi connectivity index (χ3n) is 4.44. The summed E-state index contributed by atoms with van der Waals surface area (Å²) in [5.74, 6) is -0.891. The molecule has 1 atom stereocenters. The predicted molar refractivity (Wildman–Crippen MR) is 104 cm³/mol. The van der Waals surface area contributed by atoms with E-state index in [0.717, 1.165) is 25.1 Å². The quantitative estimate of drug-likeness (QED) is 0.531. The molecule has 25 heavy (non-hydrogen) atoms. The van der Waals surface area contributed by atoms with Crippen LogP contribution < -0.4 is 5.01 Å². The molecule has 1 unspecified atom stereocenters. The summed E-state index contributed by atoms with van der Waals surface area (Å²) in [6, 6.07) is 1.72. The highest BCUT2D eigenvalue weighted by molar-refractivity contribution is 9.10. The Bertz CT molecular complexity index is 932. The van der Waals surface area contributed by atoms with Gasteiger partial charge >= 0.3 is 5.97 Å². The van der Waals surface area contributed by atoms with Gasteiger partial charge in [0.1, 0.15) is 5.52 Å². The molecule has 1 N–H and O–H groups in total. The number of rotatable bonds is 3. The molecule has 1 saturated heterocycles. The SMILES string of the molecule is O=C(O)CC1=C2CCCN2C(S)N1n1cc2c(Cl)cc(Br)c(Cl)c2n1. The van der Waals surface area contributed by atoms with Gasteiger partial charge in [-0.1, -0.05) is 23.2 Å². The summed E-state index contributed by atoms with van der Waals surface area (Å²) < 4.78 is 0.658. The van der Waals surface area contributed by atoms with E-state index in [1.807, 2.05) is 0 Å². The molecule has 2 aliphatic heterocycles. The number of allylic oxidation sites excluding steroid dienone is 1. The lowest BCUT2D eigenvalue weighted by Gasteiger charge is -2.29. The first-order chi connectivity index (χ1) is 11.9. The fourth-order valence-corrected chi connectivity index (χ4v) is 4.88. The molecule has 3 heterocycles. The first-order valence-electron chi connectivity index (χ1n) is 7.59. The van der Waals surface area contributed by atoms with Gasteiger partial charge in [-0.15, -0.1) is 12.6 Å². The normalized spacial score (nSPS) is 20.1. The minimum absolute atomic E-state index is 0.0930. The lowest BCUT2D eigenvalue weighted by molar-refractivity contribution is -0.136. The molecule has 1 fully saturated rings.